The number of nitrogens with zero attached hydrogens (tertiary/aromatic N) is 3. The van der Waals surface area contributed by atoms with Crippen LogP contribution in [0.15, 0.2) is 78.9 Å². The van der Waals surface area contributed by atoms with Crippen LogP contribution in [0.2, 0.25) is 15.2 Å². The van der Waals surface area contributed by atoms with Gasteiger partial charge < -0.3 is 0 Å². The molecule has 0 bridgehead atoms. The van der Waals surface area contributed by atoms with Gasteiger partial charge in [-0.15, -0.1) is 0 Å². The molecule has 2 fully saturated rings. The maximum absolute atomic E-state index is 13.8. The number of pyridine rings is 1. The van der Waals surface area contributed by atoms with Crippen LogP contribution in [0.5, 0.6) is 0 Å². The third kappa shape index (κ3) is 3.56. The van der Waals surface area contributed by atoms with Gasteiger partial charge in [0, 0.05) is 10.9 Å². The van der Waals surface area contributed by atoms with Gasteiger partial charge in [0.15, 0.2) is 6.10 Å². The fourth-order valence-corrected chi connectivity index (χ4v) is 5.27. The molecule has 6 nitrogen and oxygen atoms in total. The molecular formula is C26H16Cl3N3O3. The highest BCUT2D eigenvalue weighted by atomic mass is 35.5. The minimum absolute atomic E-state index is 0.243. The number of carbonyl (C=O) groups excluding carboxylic acids is 2. The van der Waals surface area contributed by atoms with Gasteiger partial charge in [-0.05, 0) is 42.5 Å². The number of anilines is 2. The molecule has 3 atom stereocenters. The van der Waals surface area contributed by atoms with Crippen LogP contribution < -0.4 is 9.96 Å². The first kappa shape index (κ1) is 22.3. The summed E-state index contributed by atoms with van der Waals surface area (Å²) in [5.41, 5.74) is 2.35. The number of amides is 2. The summed E-state index contributed by atoms with van der Waals surface area (Å²) in [5, 5.41) is 3.27. The lowest BCUT2D eigenvalue weighted by Crippen LogP contribution is -2.37. The van der Waals surface area contributed by atoms with Gasteiger partial charge in [-0.1, -0.05) is 71.2 Å². The highest BCUT2D eigenvalue weighted by Crippen LogP contribution is 2.49. The molecule has 2 aliphatic rings. The van der Waals surface area contributed by atoms with Gasteiger partial charge in [0.05, 0.1) is 33.0 Å². The molecule has 9 heteroatoms. The van der Waals surface area contributed by atoms with E-state index >= 15 is 0 Å². The molecule has 2 aliphatic heterocycles. The lowest BCUT2D eigenvalue weighted by molar-refractivity contribution is -0.126. The number of imide groups is 1. The number of para-hydroxylation sites is 2. The number of benzene rings is 3. The molecule has 2 amide bonds. The SMILES string of the molecule is O=C1[C@H]2[C@@H](ON(c3ccccc3)[C@H]2c2cc3ccccc3nc2Cl)C(=O)N1c1ccc(Cl)c(Cl)c1. The molecule has 0 spiro atoms. The van der Waals surface area contributed by atoms with Crippen molar-refractivity contribution >= 4 is 68.9 Å². The van der Waals surface area contributed by atoms with Crippen molar-refractivity contribution < 1.29 is 14.4 Å². The molecule has 0 saturated carbocycles. The average Bonchev–Trinajstić information content (AvgIpc) is 3.37. The summed E-state index contributed by atoms with van der Waals surface area (Å²) in [6.07, 6.45) is -1.04. The van der Waals surface area contributed by atoms with E-state index in [9.17, 15) is 9.59 Å². The Morgan fingerprint density at radius 1 is 0.771 bits per heavy atom. The predicted molar refractivity (Wildman–Crippen MR) is 136 cm³/mol. The summed E-state index contributed by atoms with van der Waals surface area (Å²) in [7, 11) is 0. The molecule has 174 valence electrons. The minimum Gasteiger partial charge on any atom is -0.273 e. The van der Waals surface area contributed by atoms with Crippen molar-refractivity contribution in [3.63, 3.8) is 0 Å². The van der Waals surface area contributed by atoms with E-state index in [1.54, 1.807) is 17.2 Å². The minimum atomic E-state index is -1.04. The zero-order chi connectivity index (χ0) is 24.3. The Hall–Kier alpha value is -3.16. The zero-order valence-corrected chi connectivity index (χ0v) is 20.2. The van der Waals surface area contributed by atoms with Crippen molar-refractivity contribution in [2.45, 2.75) is 12.1 Å². The third-order valence-corrected chi connectivity index (χ3v) is 7.35. The van der Waals surface area contributed by atoms with Crippen LogP contribution in [-0.4, -0.2) is 22.9 Å². The summed E-state index contributed by atoms with van der Waals surface area (Å²) < 4.78 is 0. The first-order chi connectivity index (χ1) is 16.9. The maximum atomic E-state index is 13.8. The number of rotatable bonds is 3. The van der Waals surface area contributed by atoms with Gasteiger partial charge in [0.25, 0.3) is 5.91 Å². The highest BCUT2D eigenvalue weighted by molar-refractivity contribution is 6.42. The fourth-order valence-electron chi connectivity index (χ4n) is 4.72. The smallest absolute Gasteiger partial charge is 0.266 e. The molecule has 3 aromatic carbocycles. The summed E-state index contributed by atoms with van der Waals surface area (Å²) in [5.74, 6) is -1.74. The lowest BCUT2D eigenvalue weighted by atomic mass is 9.90. The van der Waals surface area contributed by atoms with Crippen molar-refractivity contribution in [3.8, 4) is 0 Å². The van der Waals surface area contributed by atoms with Crippen LogP contribution in [-0.2, 0) is 14.4 Å². The van der Waals surface area contributed by atoms with Crippen LogP contribution in [0, 0.1) is 5.92 Å². The quantitative estimate of drug-likeness (QED) is 0.234. The summed E-state index contributed by atoms with van der Waals surface area (Å²) in [6.45, 7) is 0. The second kappa shape index (κ2) is 8.50. The molecule has 6 rings (SSSR count). The molecule has 35 heavy (non-hydrogen) atoms. The van der Waals surface area contributed by atoms with Gasteiger partial charge in [-0.2, -0.15) is 0 Å². The Balaban J connectivity index is 1.49. The Labute approximate surface area is 215 Å². The predicted octanol–water partition coefficient (Wildman–Crippen LogP) is 6.25. The second-order valence-electron chi connectivity index (χ2n) is 8.33. The molecule has 0 unspecified atom stereocenters. The van der Waals surface area contributed by atoms with Crippen LogP contribution in [0.3, 0.4) is 0 Å². The van der Waals surface area contributed by atoms with Crippen LogP contribution >= 0.6 is 34.8 Å². The van der Waals surface area contributed by atoms with Crippen molar-refractivity contribution in [1.29, 1.82) is 0 Å². The molecule has 4 aromatic rings. The second-order valence-corrected chi connectivity index (χ2v) is 9.50. The zero-order valence-electron chi connectivity index (χ0n) is 17.9. The lowest BCUT2D eigenvalue weighted by Gasteiger charge is -2.29. The van der Waals surface area contributed by atoms with E-state index in [0.717, 1.165) is 15.8 Å². The van der Waals surface area contributed by atoms with E-state index in [1.165, 1.54) is 6.07 Å². The topological polar surface area (TPSA) is 62.7 Å². The summed E-state index contributed by atoms with van der Waals surface area (Å²) in [4.78, 5) is 39.1. The molecule has 0 radical (unpaired) electrons. The van der Waals surface area contributed by atoms with E-state index in [0.29, 0.717) is 22.0 Å². The van der Waals surface area contributed by atoms with Crippen LogP contribution in [0.4, 0.5) is 11.4 Å². The largest absolute Gasteiger partial charge is 0.273 e. The normalized spacial score (nSPS) is 21.7. The molecular weight excluding hydrogens is 509 g/mol. The van der Waals surface area contributed by atoms with E-state index in [2.05, 4.69) is 4.98 Å². The van der Waals surface area contributed by atoms with E-state index in [4.69, 9.17) is 39.6 Å². The summed E-state index contributed by atoms with van der Waals surface area (Å²) in [6, 6.07) is 22.7. The number of aromatic nitrogens is 1. The monoisotopic (exact) mass is 523 g/mol. The first-order valence-corrected chi connectivity index (χ1v) is 12.0. The molecule has 3 heterocycles. The van der Waals surface area contributed by atoms with Crippen LogP contribution in [0.25, 0.3) is 10.9 Å². The number of fused-ring (bicyclic) bond motifs is 2. The Bertz CT molecular complexity index is 1500. The van der Waals surface area contributed by atoms with Crippen molar-refractivity contribution in [2.24, 2.45) is 5.92 Å². The molecule has 0 aliphatic carbocycles. The molecule has 0 N–H and O–H groups in total. The summed E-state index contributed by atoms with van der Waals surface area (Å²) >= 11 is 18.9. The third-order valence-electron chi connectivity index (χ3n) is 6.31. The van der Waals surface area contributed by atoms with Crippen molar-refractivity contribution in [2.75, 3.05) is 9.96 Å². The van der Waals surface area contributed by atoms with E-state index in [-0.39, 0.29) is 10.2 Å². The van der Waals surface area contributed by atoms with Crippen molar-refractivity contribution in [1.82, 2.24) is 4.98 Å². The average molecular weight is 525 g/mol. The number of hydroxylamine groups is 1. The number of carbonyl (C=O) groups is 2. The van der Waals surface area contributed by atoms with Crippen molar-refractivity contribution in [3.05, 3.63) is 99.6 Å². The van der Waals surface area contributed by atoms with Crippen LogP contribution in [0.1, 0.15) is 11.6 Å². The fraction of sp³-hybridized carbons (Fsp3) is 0.115. The van der Waals surface area contributed by atoms with Gasteiger partial charge in [-0.3, -0.25) is 14.4 Å². The number of hydrogen-bond donors (Lipinski definition) is 0. The van der Waals surface area contributed by atoms with Gasteiger partial charge in [0.2, 0.25) is 5.91 Å². The van der Waals surface area contributed by atoms with E-state index < -0.39 is 29.9 Å². The Morgan fingerprint density at radius 3 is 2.29 bits per heavy atom. The van der Waals surface area contributed by atoms with Gasteiger partial charge >= 0.3 is 0 Å². The molecule has 2 saturated heterocycles. The standard InChI is InChI=1S/C26H16Cl3N3O3/c27-18-11-10-16(13-19(18)28)31-25(33)21-22(17-12-14-6-4-5-9-20(14)30-24(17)29)32(35-23(21)26(31)34)15-7-2-1-3-8-15/h1-13,21-23H/t21-,22+,23-/m1/s1. The maximum Gasteiger partial charge on any atom is 0.266 e. The van der Waals surface area contributed by atoms with Gasteiger partial charge in [0.1, 0.15) is 11.1 Å². The number of hydrogen-bond acceptors (Lipinski definition) is 5. The molecule has 1 aromatic heterocycles. The Kier molecular flexibility index (Phi) is 5.42. The highest BCUT2D eigenvalue weighted by Gasteiger charge is 2.60. The number of halogens is 3. The van der Waals surface area contributed by atoms with Gasteiger partial charge in [-0.25, -0.2) is 14.9 Å². The van der Waals surface area contributed by atoms with E-state index in [1.807, 2.05) is 60.7 Å². The Morgan fingerprint density at radius 2 is 1.51 bits per heavy atom. The first-order valence-electron chi connectivity index (χ1n) is 10.8.